The van der Waals surface area contributed by atoms with E-state index < -0.39 is 50.2 Å². The number of carbonyl (C=O) groups excluding carboxylic acids is 2. The van der Waals surface area contributed by atoms with E-state index in [1.807, 2.05) is 4.72 Å². The van der Waals surface area contributed by atoms with Gasteiger partial charge in [-0.05, 0) is 31.2 Å². The first-order valence-corrected chi connectivity index (χ1v) is 11.0. The minimum atomic E-state index is -4.50. The Morgan fingerprint density at radius 3 is 2.30 bits per heavy atom. The molecular weight excluding hydrogens is 457 g/mol. The molecule has 1 atom stereocenters. The van der Waals surface area contributed by atoms with Gasteiger partial charge in [0.05, 0.1) is 5.69 Å². The van der Waals surface area contributed by atoms with E-state index in [-0.39, 0.29) is 24.4 Å². The highest BCUT2D eigenvalue weighted by Crippen LogP contribution is 2.22. The van der Waals surface area contributed by atoms with Gasteiger partial charge >= 0.3 is 5.97 Å². The van der Waals surface area contributed by atoms with E-state index in [0.29, 0.717) is 5.56 Å². The summed E-state index contributed by atoms with van der Waals surface area (Å²) in [5.74, 6) is -4.01. The fourth-order valence-electron chi connectivity index (χ4n) is 2.57. The molecule has 0 heterocycles. The molecule has 0 bridgehead atoms. The molecule has 0 unspecified atom stereocenters. The van der Waals surface area contributed by atoms with Gasteiger partial charge < -0.3 is 21.5 Å². The molecule has 7 N–H and O–H groups in total. The van der Waals surface area contributed by atoms with E-state index in [0.717, 1.165) is 19.1 Å². The van der Waals surface area contributed by atoms with E-state index in [4.69, 9.17) is 16.2 Å². The summed E-state index contributed by atoms with van der Waals surface area (Å²) in [6, 6.07) is 7.70. The van der Waals surface area contributed by atoms with Gasteiger partial charge in [0.2, 0.25) is 15.9 Å². The number of hydrogen-bond acceptors (Lipinski definition) is 6. The summed E-state index contributed by atoms with van der Waals surface area (Å²) < 4.78 is 41.0. The first-order valence-electron chi connectivity index (χ1n) is 9.48. The zero-order chi connectivity index (χ0) is 24.8. The number of carboxylic acid groups (broad SMARTS) is 1. The van der Waals surface area contributed by atoms with Crippen LogP contribution in [0.15, 0.2) is 47.4 Å². The van der Waals surface area contributed by atoms with E-state index in [1.165, 1.54) is 30.3 Å². The third-order valence-electron chi connectivity index (χ3n) is 4.32. The van der Waals surface area contributed by atoms with Gasteiger partial charge in [0.1, 0.15) is 16.8 Å². The quantitative estimate of drug-likeness (QED) is 0.212. The SMILES string of the molecule is C[C@H](NS(=O)(=O)c1cccc(NC(=O)CCNC(=O)c2ccc(C(=N)N)cc2)c1F)C(=O)O. The number of hydrogen-bond donors (Lipinski definition) is 6. The van der Waals surface area contributed by atoms with Crippen molar-refractivity contribution in [3.8, 4) is 0 Å². The summed E-state index contributed by atoms with van der Waals surface area (Å²) in [6.45, 7) is 0.992. The molecule has 0 aliphatic heterocycles. The summed E-state index contributed by atoms with van der Waals surface area (Å²) in [6.07, 6.45) is -0.234. The van der Waals surface area contributed by atoms with Crippen LogP contribution in [0, 0.1) is 11.2 Å². The predicted octanol–water partition coefficient (Wildman–Crippen LogP) is 0.620. The Kier molecular flexibility index (Phi) is 8.21. The number of nitrogen functional groups attached to an aromatic ring is 1. The lowest BCUT2D eigenvalue weighted by atomic mass is 10.1. The number of benzene rings is 2. The van der Waals surface area contributed by atoms with Crippen LogP contribution in [0.5, 0.6) is 0 Å². The van der Waals surface area contributed by atoms with Crippen molar-refractivity contribution in [2.45, 2.75) is 24.3 Å². The maximum Gasteiger partial charge on any atom is 0.321 e. The Labute approximate surface area is 188 Å². The second kappa shape index (κ2) is 10.7. The predicted molar refractivity (Wildman–Crippen MR) is 117 cm³/mol. The van der Waals surface area contributed by atoms with Crippen molar-refractivity contribution in [1.29, 1.82) is 5.41 Å². The standard InChI is InChI=1S/C20H22FN5O6S/c1-11(20(29)30)26-33(31,32)15-4-2-3-14(17(15)21)25-16(27)9-10-24-19(28)13-7-5-12(6-8-13)18(22)23/h2-8,11,26H,9-10H2,1H3,(H3,22,23)(H,24,28)(H,25,27)(H,29,30)/t11-/m0/s1. The molecule has 2 amide bonds. The average molecular weight is 479 g/mol. The maximum atomic E-state index is 14.7. The second-order valence-corrected chi connectivity index (χ2v) is 8.53. The summed E-state index contributed by atoms with van der Waals surface area (Å²) in [5, 5.41) is 20.9. The van der Waals surface area contributed by atoms with Crippen molar-refractivity contribution in [3.05, 3.63) is 59.4 Å². The highest BCUT2D eigenvalue weighted by atomic mass is 32.2. The van der Waals surface area contributed by atoms with Crippen LogP contribution in [-0.2, 0) is 19.6 Å². The number of rotatable bonds is 10. The third-order valence-corrected chi connectivity index (χ3v) is 5.88. The topological polar surface area (TPSA) is 192 Å². The molecule has 11 nitrogen and oxygen atoms in total. The van der Waals surface area contributed by atoms with Crippen molar-refractivity contribution in [3.63, 3.8) is 0 Å². The number of nitrogens with two attached hydrogens (primary N) is 1. The van der Waals surface area contributed by atoms with Crippen molar-refractivity contribution in [2.24, 2.45) is 5.73 Å². The van der Waals surface area contributed by atoms with E-state index in [2.05, 4.69) is 10.6 Å². The van der Waals surface area contributed by atoms with Crippen LogP contribution in [0.2, 0.25) is 0 Å². The monoisotopic (exact) mass is 479 g/mol. The summed E-state index contributed by atoms with van der Waals surface area (Å²) in [5.41, 5.74) is 5.66. The molecule has 0 spiro atoms. The average Bonchev–Trinajstić information content (AvgIpc) is 2.74. The normalized spacial score (nSPS) is 11.9. The first-order chi connectivity index (χ1) is 15.4. The van der Waals surface area contributed by atoms with Gasteiger partial charge in [-0.15, -0.1) is 0 Å². The zero-order valence-electron chi connectivity index (χ0n) is 17.4. The molecular formula is C20H22FN5O6S. The zero-order valence-corrected chi connectivity index (χ0v) is 18.2. The molecule has 13 heteroatoms. The van der Waals surface area contributed by atoms with Crippen LogP contribution in [0.1, 0.15) is 29.3 Å². The van der Waals surface area contributed by atoms with Gasteiger partial charge in [-0.25, -0.2) is 12.8 Å². The molecule has 0 saturated carbocycles. The van der Waals surface area contributed by atoms with E-state index in [9.17, 15) is 27.2 Å². The minimum Gasteiger partial charge on any atom is -0.480 e. The summed E-state index contributed by atoms with van der Waals surface area (Å²) in [4.78, 5) is 34.3. The molecule has 33 heavy (non-hydrogen) atoms. The number of carboxylic acids is 1. The Hall–Kier alpha value is -3.84. The third kappa shape index (κ3) is 6.82. The Balaban J connectivity index is 1.97. The van der Waals surface area contributed by atoms with Gasteiger partial charge in [0.15, 0.2) is 5.82 Å². The molecule has 2 rings (SSSR count). The lowest BCUT2D eigenvalue weighted by Gasteiger charge is -2.13. The first kappa shape index (κ1) is 25.4. The maximum absolute atomic E-state index is 14.7. The summed E-state index contributed by atoms with van der Waals surface area (Å²) >= 11 is 0. The minimum absolute atomic E-state index is 0.0869. The van der Waals surface area contributed by atoms with Crippen LogP contribution >= 0.6 is 0 Å². The van der Waals surface area contributed by atoms with E-state index >= 15 is 0 Å². The molecule has 0 aromatic heterocycles. The molecule has 0 radical (unpaired) electrons. The molecule has 0 aliphatic carbocycles. The Morgan fingerprint density at radius 1 is 1.12 bits per heavy atom. The molecule has 0 fully saturated rings. The van der Waals surface area contributed by atoms with Gasteiger partial charge in [-0.2, -0.15) is 4.72 Å². The molecule has 2 aromatic rings. The van der Waals surface area contributed by atoms with Crippen LogP contribution in [0.25, 0.3) is 0 Å². The fourth-order valence-corrected chi connectivity index (χ4v) is 3.86. The highest BCUT2D eigenvalue weighted by molar-refractivity contribution is 7.89. The second-order valence-electron chi connectivity index (χ2n) is 6.84. The van der Waals surface area contributed by atoms with Gasteiger partial charge in [-0.3, -0.25) is 19.8 Å². The van der Waals surface area contributed by atoms with Crippen LogP contribution in [-0.4, -0.2) is 49.7 Å². The molecule has 176 valence electrons. The number of carbonyl (C=O) groups is 3. The van der Waals surface area contributed by atoms with Gasteiger partial charge in [0, 0.05) is 24.1 Å². The number of aliphatic carboxylic acids is 1. The largest absolute Gasteiger partial charge is 0.480 e. The number of amides is 2. The number of halogens is 1. The highest BCUT2D eigenvalue weighted by Gasteiger charge is 2.26. The summed E-state index contributed by atoms with van der Waals surface area (Å²) in [7, 11) is -4.50. The van der Waals surface area contributed by atoms with Gasteiger partial charge in [0.25, 0.3) is 5.91 Å². The fraction of sp³-hybridized carbons (Fsp3) is 0.200. The Bertz CT molecular complexity index is 1180. The molecule has 0 aliphatic rings. The van der Waals surface area contributed by atoms with E-state index in [1.54, 1.807) is 0 Å². The van der Waals surface area contributed by atoms with Crippen LogP contribution in [0.3, 0.4) is 0 Å². The number of sulfonamides is 1. The van der Waals surface area contributed by atoms with Crippen LogP contribution in [0.4, 0.5) is 10.1 Å². The number of anilines is 1. The van der Waals surface area contributed by atoms with Crippen molar-refractivity contribution in [1.82, 2.24) is 10.0 Å². The van der Waals surface area contributed by atoms with Crippen molar-refractivity contribution < 1.29 is 32.3 Å². The van der Waals surface area contributed by atoms with Gasteiger partial charge in [-0.1, -0.05) is 18.2 Å². The van der Waals surface area contributed by atoms with Crippen molar-refractivity contribution >= 4 is 39.3 Å². The number of nitrogens with one attached hydrogen (secondary N) is 4. The molecule has 0 saturated heterocycles. The lowest BCUT2D eigenvalue weighted by Crippen LogP contribution is -2.38. The van der Waals surface area contributed by atoms with Crippen molar-refractivity contribution in [2.75, 3.05) is 11.9 Å². The Morgan fingerprint density at radius 2 is 1.73 bits per heavy atom. The number of amidine groups is 1. The van der Waals surface area contributed by atoms with Crippen LogP contribution < -0.4 is 21.1 Å². The molecule has 2 aromatic carbocycles. The lowest BCUT2D eigenvalue weighted by molar-refractivity contribution is -0.138. The smallest absolute Gasteiger partial charge is 0.321 e.